The molecule has 0 aromatic heterocycles. The lowest BCUT2D eigenvalue weighted by molar-refractivity contribution is -0.142. The second kappa shape index (κ2) is 6.46. The molecule has 1 amide bonds. The van der Waals surface area contributed by atoms with Crippen molar-refractivity contribution in [3.8, 4) is 0 Å². The molecule has 5 nitrogen and oxygen atoms in total. The molecule has 1 saturated carbocycles. The third-order valence-corrected chi connectivity index (χ3v) is 5.03. The van der Waals surface area contributed by atoms with Crippen LogP contribution in [0.1, 0.15) is 64.7 Å². The molecule has 0 spiro atoms. The van der Waals surface area contributed by atoms with Crippen LogP contribution in [-0.2, 0) is 4.79 Å². The summed E-state index contributed by atoms with van der Waals surface area (Å²) in [4.78, 5) is 15.1. The van der Waals surface area contributed by atoms with Crippen LogP contribution in [0.5, 0.6) is 0 Å². The molecule has 1 atom stereocenters. The van der Waals surface area contributed by atoms with Crippen molar-refractivity contribution in [3.05, 3.63) is 0 Å². The standard InChI is InChI=1S/C15H27N3O2/c1-12-8-4-7-11-18(12)14(19)15(13(16)17-20)9-5-2-3-6-10-15/h12,20H,2-11H2,1H3,(H2,16,17). The number of carbonyl (C=O) groups excluding carboxylic acids is 1. The first-order valence-electron chi connectivity index (χ1n) is 7.91. The first kappa shape index (κ1) is 15.1. The minimum Gasteiger partial charge on any atom is -0.409 e. The van der Waals surface area contributed by atoms with Crippen LogP contribution in [0.4, 0.5) is 0 Å². The van der Waals surface area contributed by atoms with E-state index >= 15 is 0 Å². The lowest BCUT2D eigenvalue weighted by atomic mass is 9.77. The Kier molecular flexibility index (Phi) is 4.89. The second-order valence-electron chi connectivity index (χ2n) is 6.32. The number of likely N-dealkylation sites (tertiary alicyclic amines) is 1. The van der Waals surface area contributed by atoms with Crippen molar-refractivity contribution in [2.75, 3.05) is 6.54 Å². The molecule has 114 valence electrons. The summed E-state index contributed by atoms with van der Waals surface area (Å²) in [5.74, 6) is 0.198. The molecule has 1 heterocycles. The van der Waals surface area contributed by atoms with Crippen molar-refractivity contribution in [2.45, 2.75) is 70.8 Å². The summed E-state index contributed by atoms with van der Waals surface area (Å²) in [6.45, 7) is 2.91. The number of carbonyl (C=O) groups is 1. The number of hydrogen-bond donors (Lipinski definition) is 2. The molecule has 1 aliphatic carbocycles. The predicted molar refractivity (Wildman–Crippen MR) is 78.6 cm³/mol. The average molecular weight is 281 g/mol. The lowest BCUT2D eigenvalue weighted by Gasteiger charge is -2.41. The molecular formula is C15H27N3O2. The molecule has 3 N–H and O–H groups in total. The number of nitrogens with two attached hydrogens (primary N) is 1. The Labute approximate surface area is 121 Å². The SMILES string of the molecule is CC1CCCCN1C(=O)C1(C(N)=NO)CCCCCC1. The van der Waals surface area contributed by atoms with Crippen LogP contribution in [0.3, 0.4) is 0 Å². The van der Waals surface area contributed by atoms with Crippen LogP contribution in [0.15, 0.2) is 5.16 Å². The fourth-order valence-corrected chi connectivity index (χ4v) is 3.68. The van der Waals surface area contributed by atoms with Crippen molar-refractivity contribution >= 4 is 11.7 Å². The maximum absolute atomic E-state index is 13.1. The third-order valence-electron chi connectivity index (χ3n) is 5.03. The van der Waals surface area contributed by atoms with Gasteiger partial charge in [0.25, 0.3) is 0 Å². The molecule has 0 bridgehead atoms. The normalized spacial score (nSPS) is 27.9. The van der Waals surface area contributed by atoms with Gasteiger partial charge in [-0.15, -0.1) is 0 Å². The topological polar surface area (TPSA) is 78.9 Å². The van der Waals surface area contributed by atoms with E-state index in [0.717, 1.165) is 45.1 Å². The molecule has 1 unspecified atom stereocenters. The zero-order valence-corrected chi connectivity index (χ0v) is 12.5. The van der Waals surface area contributed by atoms with Crippen molar-refractivity contribution < 1.29 is 10.0 Å². The summed E-state index contributed by atoms with van der Waals surface area (Å²) >= 11 is 0. The molecular weight excluding hydrogens is 254 g/mol. The van der Waals surface area contributed by atoms with Crippen LogP contribution in [0.25, 0.3) is 0 Å². The Balaban J connectivity index is 2.27. The average Bonchev–Trinajstić information content (AvgIpc) is 2.73. The van der Waals surface area contributed by atoms with Crippen molar-refractivity contribution in [2.24, 2.45) is 16.3 Å². The van der Waals surface area contributed by atoms with E-state index in [1.165, 1.54) is 6.42 Å². The van der Waals surface area contributed by atoms with E-state index in [-0.39, 0.29) is 17.8 Å². The highest BCUT2D eigenvalue weighted by Gasteiger charge is 2.46. The lowest BCUT2D eigenvalue weighted by Crippen LogP contribution is -2.54. The summed E-state index contributed by atoms with van der Waals surface area (Å²) in [5, 5.41) is 12.4. The van der Waals surface area contributed by atoms with E-state index in [1.54, 1.807) is 0 Å². The summed E-state index contributed by atoms with van der Waals surface area (Å²) in [6.07, 6.45) is 8.93. The Morgan fingerprint density at radius 2 is 1.85 bits per heavy atom. The molecule has 5 heteroatoms. The summed E-state index contributed by atoms with van der Waals surface area (Å²) in [6, 6.07) is 0.267. The van der Waals surface area contributed by atoms with Gasteiger partial charge in [-0.1, -0.05) is 30.8 Å². The van der Waals surface area contributed by atoms with Crippen LogP contribution >= 0.6 is 0 Å². The largest absolute Gasteiger partial charge is 0.409 e. The first-order chi connectivity index (χ1) is 9.62. The number of rotatable bonds is 2. The van der Waals surface area contributed by atoms with Gasteiger partial charge in [-0.2, -0.15) is 0 Å². The minimum absolute atomic E-state index is 0.0851. The molecule has 1 saturated heterocycles. The summed E-state index contributed by atoms with van der Waals surface area (Å²) < 4.78 is 0. The van der Waals surface area contributed by atoms with Gasteiger partial charge in [-0.25, -0.2) is 0 Å². The van der Waals surface area contributed by atoms with Crippen molar-refractivity contribution in [1.29, 1.82) is 0 Å². The molecule has 0 radical (unpaired) electrons. The van der Waals surface area contributed by atoms with Crippen LogP contribution < -0.4 is 5.73 Å². The Hall–Kier alpha value is -1.26. The van der Waals surface area contributed by atoms with Crippen molar-refractivity contribution in [3.63, 3.8) is 0 Å². The number of oxime groups is 1. The van der Waals surface area contributed by atoms with Gasteiger partial charge in [0.05, 0.1) is 0 Å². The third kappa shape index (κ3) is 2.76. The number of nitrogens with zero attached hydrogens (tertiary/aromatic N) is 2. The van der Waals surface area contributed by atoms with Gasteiger partial charge in [-0.05, 0) is 39.0 Å². The van der Waals surface area contributed by atoms with Crippen molar-refractivity contribution in [1.82, 2.24) is 4.90 Å². The molecule has 0 aromatic rings. The van der Waals surface area contributed by atoms with Gasteiger partial charge < -0.3 is 15.8 Å². The first-order valence-corrected chi connectivity index (χ1v) is 7.91. The molecule has 2 aliphatic rings. The zero-order chi connectivity index (χ0) is 14.6. The van der Waals surface area contributed by atoms with E-state index in [1.807, 2.05) is 4.90 Å². The van der Waals surface area contributed by atoms with Gasteiger partial charge in [0.1, 0.15) is 5.41 Å². The number of hydrogen-bond acceptors (Lipinski definition) is 3. The maximum Gasteiger partial charge on any atom is 0.236 e. The van der Waals surface area contributed by atoms with Crippen LogP contribution in [-0.4, -0.2) is 34.4 Å². The van der Waals surface area contributed by atoms with E-state index < -0.39 is 5.41 Å². The number of amides is 1. The molecule has 20 heavy (non-hydrogen) atoms. The predicted octanol–water partition coefficient (Wildman–Crippen LogP) is 2.47. The zero-order valence-electron chi connectivity index (χ0n) is 12.5. The van der Waals surface area contributed by atoms with Gasteiger partial charge in [0, 0.05) is 12.6 Å². The minimum atomic E-state index is -0.767. The van der Waals surface area contributed by atoms with Gasteiger partial charge in [0.15, 0.2) is 5.84 Å². The highest BCUT2D eigenvalue weighted by molar-refractivity contribution is 6.06. The molecule has 1 aliphatic heterocycles. The van der Waals surface area contributed by atoms with E-state index in [2.05, 4.69) is 12.1 Å². The fourth-order valence-electron chi connectivity index (χ4n) is 3.68. The van der Waals surface area contributed by atoms with Gasteiger partial charge in [-0.3, -0.25) is 4.79 Å². The molecule has 0 aromatic carbocycles. The smallest absolute Gasteiger partial charge is 0.236 e. The molecule has 2 rings (SSSR count). The highest BCUT2D eigenvalue weighted by Crippen LogP contribution is 2.38. The monoisotopic (exact) mass is 281 g/mol. The molecule has 2 fully saturated rings. The highest BCUT2D eigenvalue weighted by atomic mass is 16.4. The van der Waals surface area contributed by atoms with Crippen LogP contribution in [0.2, 0.25) is 0 Å². The fraction of sp³-hybridized carbons (Fsp3) is 0.867. The Morgan fingerprint density at radius 3 is 2.40 bits per heavy atom. The van der Waals surface area contributed by atoms with E-state index in [9.17, 15) is 4.79 Å². The van der Waals surface area contributed by atoms with Gasteiger partial charge >= 0.3 is 0 Å². The van der Waals surface area contributed by atoms with E-state index in [4.69, 9.17) is 10.9 Å². The quantitative estimate of drug-likeness (QED) is 0.268. The second-order valence-corrected chi connectivity index (χ2v) is 6.32. The maximum atomic E-state index is 13.1. The summed E-state index contributed by atoms with van der Waals surface area (Å²) in [7, 11) is 0. The Bertz CT molecular complexity index is 373. The summed E-state index contributed by atoms with van der Waals surface area (Å²) in [5.41, 5.74) is 5.19. The van der Waals surface area contributed by atoms with Crippen LogP contribution in [0, 0.1) is 5.41 Å². The Morgan fingerprint density at radius 1 is 1.20 bits per heavy atom. The number of piperidine rings is 1. The van der Waals surface area contributed by atoms with E-state index in [0.29, 0.717) is 12.8 Å². The van der Waals surface area contributed by atoms with Gasteiger partial charge in [0.2, 0.25) is 5.91 Å². The number of amidine groups is 1.